The van der Waals surface area contributed by atoms with E-state index in [-0.39, 0.29) is 5.78 Å². The molecule has 0 aromatic heterocycles. The van der Waals surface area contributed by atoms with E-state index in [1.807, 2.05) is 13.8 Å². The van der Waals surface area contributed by atoms with Crippen molar-refractivity contribution in [2.45, 2.75) is 13.8 Å². The summed E-state index contributed by atoms with van der Waals surface area (Å²) < 4.78 is 15.5. The van der Waals surface area contributed by atoms with Crippen LogP contribution in [0, 0.1) is 0 Å². The summed E-state index contributed by atoms with van der Waals surface area (Å²) in [4.78, 5) is 12.0. The molecular weight excluding hydrogens is 232 g/mol. The fraction of sp³-hybridized carbons (Fsp3) is 0.357. The van der Waals surface area contributed by atoms with Crippen LogP contribution in [0.15, 0.2) is 23.8 Å². The maximum atomic E-state index is 12.0. The Kier molecular flexibility index (Phi) is 4.77. The number of benzene rings is 1. The average molecular weight is 250 g/mol. The third-order valence-electron chi connectivity index (χ3n) is 2.39. The van der Waals surface area contributed by atoms with Gasteiger partial charge in [-0.15, -0.1) is 0 Å². The van der Waals surface area contributed by atoms with Gasteiger partial charge in [0.1, 0.15) is 5.75 Å². The van der Waals surface area contributed by atoms with Gasteiger partial charge in [-0.05, 0) is 26.0 Å². The molecule has 0 heterocycles. The molecule has 0 aliphatic rings. The molecule has 0 saturated carbocycles. The molecule has 0 saturated heterocycles. The van der Waals surface area contributed by atoms with Crippen molar-refractivity contribution in [2.24, 2.45) is 0 Å². The number of hydrogen-bond donors (Lipinski definition) is 0. The van der Waals surface area contributed by atoms with E-state index in [0.29, 0.717) is 22.8 Å². The molecule has 0 N–H and O–H groups in total. The van der Waals surface area contributed by atoms with Gasteiger partial charge in [0, 0.05) is 6.07 Å². The Morgan fingerprint density at radius 1 is 0.944 bits per heavy atom. The summed E-state index contributed by atoms with van der Waals surface area (Å²) in [5.74, 6) is 1.38. The lowest BCUT2D eigenvalue weighted by Gasteiger charge is -2.12. The van der Waals surface area contributed by atoms with Crippen molar-refractivity contribution in [1.29, 1.82) is 0 Å². The Hall–Kier alpha value is -1.97. The van der Waals surface area contributed by atoms with Gasteiger partial charge in [-0.25, -0.2) is 0 Å². The third kappa shape index (κ3) is 3.03. The van der Waals surface area contributed by atoms with Gasteiger partial charge in [0.2, 0.25) is 0 Å². The fourth-order valence-electron chi connectivity index (χ4n) is 1.56. The minimum Gasteiger partial charge on any atom is -0.496 e. The number of ether oxygens (including phenoxy) is 3. The minimum absolute atomic E-state index is 0.118. The zero-order valence-electron chi connectivity index (χ0n) is 11.4. The second-order valence-corrected chi connectivity index (χ2v) is 3.99. The first-order chi connectivity index (χ1) is 8.53. The van der Waals surface area contributed by atoms with Crippen molar-refractivity contribution in [3.8, 4) is 17.2 Å². The summed E-state index contributed by atoms with van der Waals surface area (Å²) in [5, 5.41) is 0. The number of carbonyl (C=O) groups is 1. The fourth-order valence-corrected chi connectivity index (χ4v) is 1.56. The highest BCUT2D eigenvalue weighted by molar-refractivity contribution is 6.07. The predicted octanol–water partition coefficient (Wildman–Crippen LogP) is 2.86. The predicted molar refractivity (Wildman–Crippen MR) is 69.9 cm³/mol. The topological polar surface area (TPSA) is 44.8 Å². The van der Waals surface area contributed by atoms with E-state index in [4.69, 9.17) is 14.2 Å². The molecular formula is C14H18O4. The van der Waals surface area contributed by atoms with Gasteiger partial charge in [-0.3, -0.25) is 4.79 Å². The van der Waals surface area contributed by atoms with Crippen LogP contribution in [0.4, 0.5) is 0 Å². The highest BCUT2D eigenvalue weighted by Crippen LogP contribution is 2.34. The Labute approximate surface area is 107 Å². The number of rotatable bonds is 5. The summed E-state index contributed by atoms with van der Waals surface area (Å²) >= 11 is 0. The van der Waals surface area contributed by atoms with E-state index in [1.165, 1.54) is 21.3 Å². The van der Waals surface area contributed by atoms with E-state index in [1.54, 1.807) is 18.2 Å². The Morgan fingerprint density at radius 2 is 1.44 bits per heavy atom. The molecule has 0 bridgehead atoms. The molecule has 0 amide bonds. The average Bonchev–Trinajstić information content (AvgIpc) is 2.36. The second-order valence-electron chi connectivity index (χ2n) is 3.99. The molecule has 4 nitrogen and oxygen atoms in total. The zero-order chi connectivity index (χ0) is 13.7. The lowest BCUT2D eigenvalue weighted by atomic mass is 10.1. The largest absolute Gasteiger partial charge is 0.496 e. The molecule has 18 heavy (non-hydrogen) atoms. The van der Waals surface area contributed by atoms with Crippen molar-refractivity contribution >= 4 is 5.78 Å². The molecule has 1 aromatic carbocycles. The van der Waals surface area contributed by atoms with E-state index >= 15 is 0 Å². The zero-order valence-corrected chi connectivity index (χ0v) is 11.4. The van der Waals surface area contributed by atoms with Crippen molar-refractivity contribution < 1.29 is 19.0 Å². The smallest absolute Gasteiger partial charge is 0.189 e. The summed E-state index contributed by atoms with van der Waals surface area (Å²) in [6.07, 6.45) is 1.56. The number of allylic oxidation sites excluding steroid dienone is 2. The van der Waals surface area contributed by atoms with E-state index < -0.39 is 0 Å². The first-order valence-corrected chi connectivity index (χ1v) is 5.52. The van der Waals surface area contributed by atoms with Crippen LogP contribution in [0.5, 0.6) is 17.2 Å². The first-order valence-electron chi connectivity index (χ1n) is 5.52. The van der Waals surface area contributed by atoms with Crippen molar-refractivity contribution in [3.05, 3.63) is 29.3 Å². The monoisotopic (exact) mass is 250 g/mol. The van der Waals surface area contributed by atoms with Gasteiger partial charge in [0.15, 0.2) is 17.3 Å². The van der Waals surface area contributed by atoms with Crippen LogP contribution >= 0.6 is 0 Å². The van der Waals surface area contributed by atoms with Crippen molar-refractivity contribution in [2.75, 3.05) is 21.3 Å². The molecule has 0 atom stereocenters. The van der Waals surface area contributed by atoms with Crippen molar-refractivity contribution in [3.63, 3.8) is 0 Å². The minimum atomic E-state index is -0.118. The molecule has 0 spiro atoms. The quantitative estimate of drug-likeness (QED) is 0.595. The summed E-state index contributed by atoms with van der Waals surface area (Å²) in [7, 11) is 4.58. The molecule has 4 heteroatoms. The molecule has 0 unspecified atom stereocenters. The molecule has 0 radical (unpaired) electrons. The molecule has 1 rings (SSSR count). The Bertz CT molecular complexity index is 471. The second kappa shape index (κ2) is 6.10. The van der Waals surface area contributed by atoms with E-state index in [0.717, 1.165) is 5.57 Å². The van der Waals surface area contributed by atoms with Crippen LogP contribution in [-0.2, 0) is 0 Å². The highest BCUT2D eigenvalue weighted by Gasteiger charge is 2.16. The molecule has 98 valence electrons. The number of hydrogen-bond acceptors (Lipinski definition) is 4. The molecule has 0 fully saturated rings. The maximum Gasteiger partial charge on any atom is 0.189 e. The summed E-state index contributed by atoms with van der Waals surface area (Å²) in [5.41, 5.74) is 1.38. The molecule has 0 aliphatic carbocycles. The van der Waals surface area contributed by atoms with Gasteiger partial charge >= 0.3 is 0 Å². The van der Waals surface area contributed by atoms with Gasteiger partial charge in [0.05, 0.1) is 26.9 Å². The number of ketones is 1. The normalized spacial score (nSPS) is 9.61. The van der Waals surface area contributed by atoms with Crippen LogP contribution in [0.3, 0.4) is 0 Å². The lowest BCUT2D eigenvalue weighted by Crippen LogP contribution is -2.02. The van der Waals surface area contributed by atoms with Gasteiger partial charge in [-0.2, -0.15) is 0 Å². The standard InChI is InChI=1S/C14H18O4/c1-9(2)6-11(15)10-7-13(17-4)14(18-5)8-12(10)16-3/h6-8H,1-5H3. The maximum absolute atomic E-state index is 12.0. The molecule has 1 aromatic rings. The van der Waals surface area contributed by atoms with Gasteiger partial charge < -0.3 is 14.2 Å². The van der Waals surface area contributed by atoms with Crippen LogP contribution < -0.4 is 14.2 Å². The Balaban J connectivity index is 3.34. The van der Waals surface area contributed by atoms with Crippen LogP contribution in [0.25, 0.3) is 0 Å². The summed E-state index contributed by atoms with van der Waals surface area (Å²) in [6, 6.07) is 3.27. The van der Waals surface area contributed by atoms with E-state index in [9.17, 15) is 4.79 Å². The molecule has 0 aliphatic heterocycles. The lowest BCUT2D eigenvalue weighted by molar-refractivity contribution is 0.104. The van der Waals surface area contributed by atoms with Gasteiger partial charge in [-0.1, -0.05) is 5.57 Å². The van der Waals surface area contributed by atoms with Crippen LogP contribution in [0.1, 0.15) is 24.2 Å². The third-order valence-corrected chi connectivity index (χ3v) is 2.39. The Morgan fingerprint density at radius 3 is 1.89 bits per heavy atom. The number of methoxy groups -OCH3 is 3. The van der Waals surface area contributed by atoms with Crippen LogP contribution in [-0.4, -0.2) is 27.1 Å². The highest BCUT2D eigenvalue weighted by atomic mass is 16.5. The van der Waals surface area contributed by atoms with Gasteiger partial charge in [0.25, 0.3) is 0 Å². The SMILES string of the molecule is COc1cc(OC)c(C(=O)C=C(C)C)cc1OC. The number of carbonyl (C=O) groups excluding carboxylic acids is 1. The first kappa shape index (κ1) is 14.1. The van der Waals surface area contributed by atoms with E-state index in [2.05, 4.69) is 0 Å². The van der Waals surface area contributed by atoms with Crippen LogP contribution in [0.2, 0.25) is 0 Å². The summed E-state index contributed by atoms with van der Waals surface area (Å²) in [6.45, 7) is 3.73. The van der Waals surface area contributed by atoms with Crippen molar-refractivity contribution in [1.82, 2.24) is 0 Å².